The quantitative estimate of drug-likeness (QED) is 0.884. The molecule has 2 nitrogen and oxygen atoms in total. The lowest BCUT2D eigenvalue weighted by atomic mass is 9.49. The van der Waals surface area contributed by atoms with Crippen LogP contribution in [0.3, 0.4) is 0 Å². The molecule has 0 unspecified atom stereocenters. The zero-order valence-corrected chi connectivity index (χ0v) is 12.9. The summed E-state index contributed by atoms with van der Waals surface area (Å²) in [5.74, 6) is 2.83. The van der Waals surface area contributed by atoms with Crippen molar-refractivity contribution in [2.45, 2.75) is 57.3 Å². The van der Waals surface area contributed by atoms with Gasteiger partial charge in [0.1, 0.15) is 10.9 Å². The van der Waals surface area contributed by atoms with Crippen LogP contribution in [0.25, 0.3) is 0 Å². The van der Waals surface area contributed by atoms with Gasteiger partial charge in [-0.3, -0.25) is 0 Å². The van der Waals surface area contributed by atoms with Gasteiger partial charge in [0.25, 0.3) is 0 Å². The Labute approximate surface area is 125 Å². The van der Waals surface area contributed by atoms with Gasteiger partial charge in [0.2, 0.25) is 0 Å². The minimum atomic E-state index is 0.383. The first-order chi connectivity index (χ1) is 9.65. The summed E-state index contributed by atoms with van der Waals surface area (Å²) in [6.45, 7) is 2.18. The molecule has 4 saturated carbocycles. The van der Waals surface area contributed by atoms with Crippen molar-refractivity contribution >= 4 is 17.0 Å². The lowest BCUT2D eigenvalue weighted by molar-refractivity contribution is -0.00378. The van der Waals surface area contributed by atoms with Crippen LogP contribution in [-0.2, 0) is 11.8 Å². The monoisotopic (exact) mass is 286 g/mol. The fourth-order valence-electron chi connectivity index (χ4n) is 5.73. The Morgan fingerprint density at radius 2 is 1.75 bits per heavy atom. The number of nitrogens with zero attached hydrogens (tertiary/aromatic N) is 1. The van der Waals surface area contributed by atoms with E-state index < -0.39 is 0 Å². The summed E-state index contributed by atoms with van der Waals surface area (Å²) in [5.41, 5.74) is 8.70. The van der Waals surface area contributed by atoms with Crippen LogP contribution in [-0.4, -0.2) is 0 Å². The summed E-state index contributed by atoms with van der Waals surface area (Å²) < 4.78 is 0. The molecule has 0 saturated heterocycles. The Morgan fingerprint density at radius 1 is 1.20 bits per heavy atom. The van der Waals surface area contributed by atoms with Gasteiger partial charge in [-0.05, 0) is 68.3 Å². The maximum atomic E-state index is 9.31. The molecule has 1 aromatic heterocycles. The van der Waals surface area contributed by atoms with Gasteiger partial charge in [-0.15, -0.1) is 11.3 Å². The molecule has 0 amide bonds. The van der Waals surface area contributed by atoms with Gasteiger partial charge in [0.05, 0.1) is 5.69 Å². The van der Waals surface area contributed by atoms with Crippen molar-refractivity contribution in [1.29, 1.82) is 5.26 Å². The highest BCUT2D eigenvalue weighted by molar-refractivity contribution is 7.13. The van der Waals surface area contributed by atoms with Gasteiger partial charge in [0.15, 0.2) is 0 Å². The van der Waals surface area contributed by atoms with Crippen LogP contribution in [0.1, 0.15) is 60.8 Å². The lowest BCUT2D eigenvalue weighted by Gasteiger charge is -2.56. The third-order valence-corrected chi connectivity index (χ3v) is 7.42. The molecule has 4 fully saturated rings. The predicted molar refractivity (Wildman–Crippen MR) is 82.7 cm³/mol. The second kappa shape index (κ2) is 4.24. The van der Waals surface area contributed by atoms with E-state index in [9.17, 15) is 5.26 Å². The third kappa shape index (κ3) is 1.61. The molecule has 0 aliphatic heterocycles. The van der Waals surface area contributed by atoms with Crippen LogP contribution in [0.4, 0.5) is 5.69 Å². The lowest BCUT2D eigenvalue weighted by Crippen LogP contribution is -2.48. The van der Waals surface area contributed by atoms with E-state index in [4.69, 9.17) is 5.73 Å². The molecule has 20 heavy (non-hydrogen) atoms. The van der Waals surface area contributed by atoms with Crippen molar-refractivity contribution < 1.29 is 0 Å². The highest BCUT2D eigenvalue weighted by Gasteiger charge is 2.53. The standard InChI is InChI=1S/C17H22N2S/c1-2-13-15(19)14(9-18)20-16(13)17-6-10-3-11(7-17)5-12(4-10)8-17/h10-12H,2-8,19H2,1H3. The zero-order valence-electron chi connectivity index (χ0n) is 12.1. The first-order valence-electron chi connectivity index (χ1n) is 7.97. The molecule has 4 aliphatic carbocycles. The maximum Gasteiger partial charge on any atom is 0.128 e. The number of nitriles is 1. The van der Waals surface area contributed by atoms with E-state index in [0.29, 0.717) is 5.41 Å². The summed E-state index contributed by atoms with van der Waals surface area (Å²) >= 11 is 1.71. The Balaban J connectivity index is 1.83. The number of nitrogen functional groups attached to an aromatic ring is 1. The number of thiophene rings is 1. The second-order valence-electron chi connectivity index (χ2n) is 7.32. The summed E-state index contributed by atoms with van der Waals surface area (Å²) in [6, 6.07) is 2.32. The van der Waals surface area contributed by atoms with Crippen LogP contribution in [0.2, 0.25) is 0 Å². The van der Waals surface area contributed by atoms with E-state index in [1.54, 1.807) is 11.3 Å². The summed E-state index contributed by atoms with van der Waals surface area (Å²) in [7, 11) is 0. The van der Waals surface area contributed by atoms with Gasteiger partial charge in [-0.1, -0.05) is 6.92 Å². The van der Waals surface area contributed by atoms with E-state index in [2.05, 4.69) is 13.0 Å². The fraction of sp³-hybridized carbons (Fsp3) is 0.706. The number of rotatable bonds is 2. The smallest absolute Gasteiger partial charge is 0.128 e. The summed E-state index contributed by atoms with van der Waals surface area (Å²) in [4.78, 5) is 2.25. The Bertz CT molecular complexity index is 558. The van der Waals surface area contributed by atoms with Gasteiger partial charge < -0.3 is 5.73 Å². The molecular formula is C17H22N2S. The van der Waals surface area contributed by atoms with E-state index in [1.165, 1.54) is 49.0 Å². The number of hydrogen-bond donors (Lipinski definition) is 1. The van der Waals surface area contributed by atoms with Crippen molar-refractivity contribution in [1.82, 2.24) is 0 Å². The molecule has 4 aliphatic rings. The number of hydrogen-bond acceptors (Lipinski definition) is 3. The van der Waals surface area contributed by atoms with Gasteiger partial charge >= 0.3 is 0 Å². The molecule has 1 heterocycles. The fourth-order valence-corrected chi connectivity index (χ4v) is 7.06. The van der Waals surface area contributed by atoms with Crippen molar-refractivity contribution in [2.75, 3.05) is 5.73 Å². The highest BCUT2D eigenvalue weighted by atomic mass is 32.1. The molecule has 0 spiro atoms. The van der Waals surface area contributed by atoms with Crippen LogP contribution in [0.15, 0.2) is 0 Å². The number of anilines is 1. The van der Waals surface area contributed by atoms with Crippen molar-refractivity contribution in [3.8, 4) is 6.07 Å². The zero-order chi connectivity index (χ0) is 13.9. The summed E-state index contributed by atoms with van der Waals surface area (Å²) in [5, 5.41) is 9.31. The Morgan fingerprint density at radius 3 is 2.20 bits per heavy atom. The minimum absolute atomic E-state index is 0.383. The first kappa shape index (κ1) is 12.7. The Hall–Kier alpha value is -1.01. The molecule has 5 rings (SSSR count). The molecule has 0 aromatic carbocycles. The maximum absolute atomic E-state index is 9.31. The SMILES string of the molecule is CCc1c(C23CC4CC(CC(C4)C2)C3)sc(C#N)c1N. The van der Waals surface area contributed by atoms with Crippen molar-refractivity contribution in [3.05, 3.63) is 15.3 Å². The van der Waals surface area contributed by atoms with Crippen LogP contribution in [0.5, 0.6) is 0 Å². The average Bonchev–Trinajstić information content (AvgIpc) is 2.74. The first-order valence-corrected chi connectivity index (χ1v) is 8.78. The van der Waals surface area contributed by atoms with E-state index in [1.807, 2.05) is 0 Å². The van der Waals surface area contributed by atoms with Crippen LogP contribution >= 0.6 is 11.3 Å². The predicted octanol–water partition coefficient (Wildman–Crippen LogP) is 4.23. The highest BCUT2D eigenvalue weighted by Crippen LogP contribution is 2.62. The molecule has 0 atom stereocenters. The largest absolute Gasteiger partial charge is 0.397 e. The normalized spacial score (nSPS) is 38.1. The van der Waals surface area contributed by atoms with Gasteiger partial charge in [-0.25, -0.2) is 0 Å². The second-order valence-corrected chi connectivity index (χ2v) is 8.34. The van der Waals surface area contributed by atoms with E-state index in [0.717, 1.165) is 34.7 Å². The van der Waals surface area contributed by atoms with E-state index >= 15 is 0 Å². The molecule has 0 radical (unpaired) electrons. The summed E-state index contributed by atoms with van der Waals surface area (Å²) in [6.07, 6.45) is 9.44. The van der Waals surface area contributed by atoms with Crippen LogP contribution in [0, 0.1) is 29.1 Å². The molecule has 1 aromatic rings. The Kier molecular flexibility index (Phi) is 2.70. The molecule has 3 heteroatoms. The third-order valence-electron chi connectivity index (χ3n) is 6.02. The number of nitrogens with two attached hydrogens (primary N) is 1. The van der Waals surface area contributed by atoms with Crippen molar-refractivity contribution in [2.24, 2.45) is 17.8 Å². The van der Waals surface area contributed by atoms with Crippen molar-refractivity contribution in [3.63, 3.8) is 0 Å². The molecule has 2 N–H and O–H groups in total. The van der Waals surface area contributed by atoms with Gasteiger partial charge in [0, 0.05) is 10.3 Å². The topological polar surface area (TPSA) is 49.8 Å². The average molecular weight is 286 g/mol. The minimum Gasteiger partial charge on any atom is -0.397 e. The molecule has 106 valence electrons. The molecular weight excluding hydrogens is 264 g/mol. The molecule has 4 bridgehead atoms. The van der Waals surface area contributed by atoms with Crippen LogP contribution < -0.4 is 5.73 Å². The van der Waals surface area contributed by atoms with E-state index in [-0.39, 0.29) is 0 Å². The van der Waals surface area contributed by atoms with Gasteiger partial charge in [-0.2, -0.15) is 5.26 Å².